The molecule has 0 aliphatic rings. The fourth-order valence-corrected chi connectivity index (χ4v) is 5.91. The number of rotatable bonds is 11. The van der Waals surface area contributed by atoms with Gasteiger partial charge in [0.25, 0.3) is 0 Å². The van der Waals surface area contributed by atoms with Crippen LogP contribution in [0, 0.1) is 27.7 Å². The molecule has 0 saturated carbocycles. The summed E-state index contributed by atoms with van der Waals surface area (Å²) in [4.78, 5) is 0. The van der Waals surface area contributed by atoms with Gasteiger partial charge in [-0.25, -0.2) is 0 Å². The molecule has 44 heavy (non-hydrogen) atoms. The average molecular weight is 603 g/mol. The standard InChI is InChI=1S/C36H42O8/c1-19-11-23(15-29(41-5)33(19)37)27(24-12-20(2)34(38)30(16-24)42-6)9-10-28(25-13-21(3)35(39)31(17-25)43-7)26-14-22(4)36(40)32(18-26)44-8/h11-18,27-28,37-40H,9-10H2,1-8H3. The number of hydrogen-bond acceptors (Lipinski definition) is 8. The van der Waals surface area contributed by atoms with E-state index in [0.717, 1.165) is 22.3 Å². The van der Waals surface area contributed by atoms with Crippen LogP contribution < -0.4 is 18.9 Å². The van der Waals surface area contributed by atoms with E-state index in [1.54, 1.807) is 0 Å². The molecule has 0 radical (unpaired) electrons. The zero-order valence-corrected chi connectivity index (χ0v) is 26.6. The third-order valence-electron chi connectivity index (χ3n) is 8.38. The van der Waals surface area contributed by atoms with E-state index >= 15 is 0 Å². The van der Waals surface area contributed by atoms with E-state index in [-0.39, 0.29) is 34.8 Å². The second-order valence-electron chi connectivity index (χ2n) is 11.2. The highest BCUT2D eigenvalue weighted by atomic mass is 16.5. The van der Waals surface area contributed by atoms with Gasteiger partial charge in [-0.15, -0.1) is 0 Å². The Morgan fingerprint density at radius 1 is 0.409 bits per heavy atom. The molecule has 0 amide bonds. The third kappa shape index (κ3) is 6.30. The van der Waals surface area contributed by atoms with Crippen LogP contribution in [0.2, 0.25) is 0 Å². The van der Waals surface area contributed by atoms with Crippen molar-refractivity contribution in [3.63, 3.8) is 0 Å². The molecule has 4 rings (SSSR count). The van der Waals surface area contributed by atoms with Crippen molar-refractivity contribution in [2.45, 2.75) is 52.4 Å². The van der Waals surface area contributed by atoms with E-state index in [0.29, 0.717) is 58.1 Å². The van der Waals surface area contributed by atoms with Gasteiger partial charge in [-0.3, -0.25) is 0 Å². The second-order valence-corrected chi connectivity index (χ2v) is 11.2. The highest BCUT2D eigenvalue weighted by molar-refractivity contribution is 5.56. The molecule has 0 bridgehead atoms. The van der Waals surface area contributed by atoms with Gasteiger partial charge < -0.3 is 39.4 Å². The summed E-state index contributed by atoms with van der Waals surface area (Å²) in [6.07, 6.45) is 1.27. The molecule has 0 aliphatic heterocycles. The van der Waals surface area contributed by atoms with Crippen molar-refractivity contribution in [2.75, 3.05) is 28.4 Å². The minimum Gasteiger partial charge on any atom is -0.504 e. The van der Waals surface area contributed by atoms with Gasteiger partial charge in [-0.2, -0.15) is 0 Å². The Morgan fingerprint density at radius 3 is 0.795 bits per heavy atom. The van der Waals surface area contributed by atoms with Gasteiger partial charge >= 0.3 is 0 Å². The van der Waals surface area contributed by atoms with Crippen LogP contribution in [-0.4, -0.2) is 48.9 Å². The number of hydrogen-bond donors (Lipinski definition) is 4. The van der Waals surface area contributed by atoms with E-state index in [1.165, 1.54) is 28.4 Å². The van der Waals surface area contributed by atoms with Crippen LogP contribution in [0.5, 0.6) is 46.0 Å². The van der Waals surface area contributed by atoms with Gasteiger partial charge in [0.2, 0.25) is 0 Å². The Morgan fingerprint density at radius 2 is 0.614 bits per heavy atom. The number of aryl methyl sites for hydroxylation is 4. The summed E-state index contributed by atoms with van der Waals surface area (Å²) < 4.78 is 22.1. The van der Waals surface area contributed by atoms with Crippen molar-refractivity contribution in [3.8, 4) is 46.0 Å². The Bertz CT molecular complexity index is 1420. The molecule has 0 aliphatic carbocycles. The lowest BCUT2D eigenvalue weighted by atomic mass is 9.79. The lowest BCUT2D eigenvalue weighted by molar-refractivity contribution is 0.369. The Balaban J connectivity index is 1.90. The van der Waals surface area contributed by atoms with E-state index in [2.05, 4.69) is 0 Å². The largest absolute Gasteiger partial charge is 0.504 e. The molecular formula is C36H42O8. The molecule has 234 valence electrons. The molecule has 8 heteroatoms. The molecule has 4 aromatic carbocycles. The highest BCUT2D eigenvalue weighted by Crippen LogP contribution is 2.45. The predicted octanol–water partition coefficient (Wildman–Crippen LogP) is 7.52. The first kappa shape index (κ1) is 32.2. The number of aromatic hydroxyl groups is 4. The van der Waals surface area contributed by atoms with Gasteiger partial charge in [0.15, 0.2) is 46.0 Å². The van der Waals surface area contributed by atoms with Gasteiger partial charge in [-0.1, -0.05) is 24.3 Å². The van der Waals surface area contributed by atoms with Gasteiger partial charge in [-0.05, 0) is 109 Å². The number of phenols is 4. The van der Waals surface area contributed by atoms with Crippen LogP contribution in [0.1, 0.15) is 69.2 Å². The third-order valence-corrected chi connectivity index (χ3v) is 8.38. The minimum absolute atomic E-state index is 0.0886. The van der Waals surface area contributed by atoms with Crippen molar-refractivity contribution in [1.29, 1.82) is 0 Å². The fourth-order valence-electron chi connectivity index (χ4n) is 5.91. The molecule has 0 aromatic heterocycles. The normalized spacial score (nSPS) is 11.2. The summed E-state index contributed by atoms with van der Waals surface area (Å²) in [5.41, 5.74) is 6.46. The van der Waals surface area contributed by atoms with Crippen LogP contribution >= 0.6 is 0 Å². The van der Waals surface area contributed by atoms with Crippen LogP contribution in [0.3, 0.4) is 0 Å². The molecular weight excluding hydrogens is 560 g/mol. The monoisotopic (exact) mass is 602 g/mol. The molecule has 8 nitrogen and oxygen atoms in total. The smallest absolute Gasteiger partial charge is 0.161 e. The number of methoxy groups -OCH3 is 4. The molecule has 0 fully saturated rings. The first-order chi connectivity index (χ1) is 20.9. The Labute approximate surface area is 259 Å². The molecule has 0 unspecified atom stereocenters. The SMILES string of the molecule is COc1cc(C(CCC(c2cc(C)c(O)c(OC)c2)c2cc(C)c(O)c(OC)c2)c2cc(C)c(O)c(OC)c2)cc(C)c1O. The van der Waals surface area contributed by atoms with Crippen LogP contribution in [0.15, 0.2) is 48.5 Å². The van der Waals surface area contributed by atoms with Gasteiger partial charge in [0.1, 0.15) is 0 Å². The zero-order valence-electron chi connectivity index (χ0n) is 26.6. The molecule has 4 N–H and O–H groups in total. The summed E-state index contributed by atoms with van der Waals surface area (Å²) in [5, 5.41) is 42.4. The average Bonchev–Trinajstić information content (AvgIpc) is 3.01. The molecule has 4 aromatic rings. The molecule has 0 saturated heterocycles. The Kier molecular flexibility index (Phi) is 9.72. The Hall–Kier alpha value is -4.72. The lowest BCUT2D eigenvalue weighted by Crippen LogP contribution is -2.09. The highest BCUT2D eigenvalue weighted by Gasteiger charge is 2.26. The maximum Gasteiger partial charge on any atom is 0.161 e. The maximum absolute atomic E-state index is 10.6. The fraction of sp³-hybridized carbons (Fsp3) is 0.333. The molecule has 0 atom stereocenters. The van der Waals surface area contributed by atoms with E-state index in [1.807, 2.05) is 76.2 Å². The van der Waals surface area contributed by atoms with Gasteiger partial charge in [0, 0.05) is 11.8 Å². The summed E-state index contributed by atoms with van der Waals surface area (Å²) in [5.74, 6) is 1.50. The molecule has 0 spiro atoms. The zero-order chi connectivity index (χ0) is 32.3. The van der Waals surface area contributed by atoms with Crippen LogP contribution in [0.25, 0.3) is 0 Å². The maximum atomic E-state index is 10.6. The lowest BCUT2D eigenvalue weighted by Gasteiger charge is -2.26. The van der Waals surface area contributed by atoms with Crippen LogP contribution in [-0.2, 0) is 0 Å². The van der Waals surface area contributed by atoms with Crippen molar-refractivity contribution in [1.82, 2.24) is 0 Å². The topological polar surface area (TPSA) is 118 Å². The summed E-state index contributed by atoms with van der Waals surface area (Å²) >= 11 is 0. The quantitative estimate of drug-likeness (QED) is 0.139. The summed E-state index contributed by atoms with van der Waals surface area (Å²) in [6, 6.07) is 15.2. The van der Waals surface area contributed by atoms with Crippen molar-refractivity contribution >= 4 is 0 Å². The minimum atomic E-state index is -0.181. The van der Waals surface area contributed by atoms with E-state index in [9.17, 15) is 20.4 Å². The van der Waals surface area contributed by atoms with E-state index in [4.69, 9.17) is 18.9 Å². The van der Waals surface area contributed by atoms with Crippen LogP contribution in [0.4, 0.5) is 0 Å². The molecule has 0 heterocycles. The summed E-state index contributed by atoms with van der Waals surface area (Å²) in [6.45, 7) is 7.34. The second kappa shape index (κ2) is 13.3. The number of phenolic OH excluding ortho intramolecular Hbond substituents is 4. The van der Waals surface area contributed by atoms with Crippen molar-refractivity contribution < 1.29 is 39.4 Å². The van der Waals surface area contributed by atoms with Gasteiger partial charge in [0.05, 0.1) is 28.4 Å². The number of ether oxygens (including phenoxy) is 4. The van der Waals surface area contributed by atoms with Crippen molar-refractivity contribution in [2.24, 2.45) is 0 Å². The first-order valence-electron chi connectivity index (χ1n) is 14.4. The van der Waals surface area contributed by atoms with E-state index < -0.39 is 0 Å². The predicted molar refractivity (Wildman–Crippen MR) is 171 cm³/mol. The van der Waals surface area contributed by atoms with Crippen molar-refractivity contribution in [3.05, 3.63) is 93.0 Å². The number of benzene rings is 4. The summed E-state index contributed by atoms with van der Waals surface area (Å²) in [7, 11) is 6.10. The first-order valence-corrected chi connectivity index (χ1v) is 14.4.